The van der Waals surface area contributed by atoms with Crippen LogP contribution in [-0.4, -0.2) is 11.5 Å². The largest absolute Gasteiger partial charge is 0.369 e. The molecule has 0 bridgehead atoms. The Morgan fingerprint density at radius 2 is 1.86 bits per heavy atom. The van der Waals surface area contributed by atoms with Crippen molar-refractivity contribution in [3.8, 4) is 0 Å². The van der Waals surface area contributed by atoms with E-state index in [0.717, 1.165) is 28.7 Å². The SMILES string of the molecule is CCCNc1nc(Nc2cc(Br)ccc2C)c(Cl)cc1Cl. The van der Waals surface area contributed by atoms with E-state index in [1.165, 1.54) is 0 Å². The molecule has 0 aliphatic heterocycles. The summed E-state index contributed by atoms with van der Waals surface area (Å²) in [5.41, 5.74) is 2.05. The standard InChI is InChI=1S/C15H16BrCl2N3/c1-3-6-19-14-11(17)8-12(18)15(21-14)20-13-7-10(16)5-4-9(13)2/h4-5,7-8H,3,6H2,1-2H3,(H2,19,20,21). The first kappa shape index (κ1) is 16.4. The predicted molar refractivity (Wildman–Crippen MR) is 95.2 cm³/mol. The van der Waals surface area contributed by atoms with Gasteiger partial charge in [-0.1, -0.05) is 52.1 Å². The third kappa shape index (κ3) is 4.25. The molecule has 0 saturated carbocycles. The number of anilines is 3. The molecule has 21 heavy (non-hydrogen) atoms. The number of hydrogen-bond donors (Lipinski definition) is 2. The van der Waals surface area contributed by atoms with Gasteiger partial charge in [0.15, 0.2) is 5.82 Å². The van der Waals surface area contributed by atoms with Crippen LogP contribution in [0.25, 0.3) is 0 Å². The zero-order valence-corrected chi connectivity index (χ0v) is 14.9. The van der Waals surface area contributed by atoms with Gasteiger partial charge in [0.25, 0.3) is 0 Å². The van der Waals surface area contributed by atoms with Crippen LogP contribution in [0.1, 0.15) is 18.9 Å². The summed E-state index contributed by atoms with van der Waals surface area (Å²) >= 11 is 15.8. The molecular formula is C15H16BrCl2N3. The van der Waals surface area contributed by atoms with E-state index in [4.69, 9.17) is 23.2 Å². The monoisotopic (exact) mass is 387 g/mol. The fourth-order valence-electron chi connectivity index (χ4n) is 1.78. The molecule has 0 amide bonds. The molecule has 1 aromatic carbocycles. The lowest BCUT2D eigenvalue weighted by atomic mass is 10.2. The molecule has 0 aliphatic rings. The molecule has 0 radical (unpaired) electrons. The first-order valence-electron chi connectivity index (χ1n) is 6.64. The van der Waals surface area contributed by atoms with Crippen LogP contribution in [0.3, 0.4) is 0 Å². The smallest absolute Gasteiger partial charge is 0.151 e. The second-order valence-corrected chi connectivity index (χ2v) is 6.39. The average Bonchev–Trinajstić information content (AvgIpc) is 2.44. The molecular weight excluding hydrogens is 373 g/mol. The number of pyridine rings is 1. The molecule has 1 aromatic heterocycles. The van der Waals surface area contributed by atoms with Gasteiger partial charge in [-0.05, 0) is 37.1 Å². The third-order valence-electron chi connectivity index (χ3n) is 2.92. The van der Waals surface area contributed by atoms with Crippen LogP contribution in [0.2, 0.25) is 10.0 Å². The fraction of sp³-hybridized carbons (Fsp3) is 0.267. The zero-order chi connectivity index (χ0) is 15.4. The van der Waals surface area contributed by atoms with Crippen LogP contribution in [-0.2, 0) is 0 Å². The third-order valence-corrected chi connectivity index (χ3v) is 3.99. The Bertz CT molecular complexity index is 647. The molecule has 0 atom stereocenters. The van der Waals surface area contributed by atoms with Crippen LogP contribution < -0.4 is 10.6 Å². The van der Waals surface area contributed by atoms with Crippen molar-refractivity contribution in [1.82, 2.24) is 4.98 Å². The van der Waals surface area contributed by atoms with Gasteiger partial charge in [0, 0.05) is 16.7 Å². The first-order chi connectivity index (χ1) is 10.0. The van der Waals surface area contributed by atoms with Gasteiger partial charge >= 0.3 is 0 Å². The minimum Gasteiger partial charge on any atom is -0.369 e. The summed E-state index contributed by atoms with van der Waals surface area (Å²) < 4.78 is 0.991. The van der Waals surface area contributed by atoms with Crippen molar-refractivity contribution >= 4 is 56.5 Å². The highest BCUT2D eigenvalue weighted by Gasteiger charge is 2.10. The molecule has 112 valence electrons. The van der Waals surface area contributed by atoms with Crippen LogP contribution in [0.4, 0.5) is 17.3 Å². The molecule has 6 heteroatoms. The molecule has 2 aromatic rings. The summed E-state index contributed by atoms with van der Waals surface area (Å²) in [6.07, 6.45) is 0.994. The highest BCUT2D eigenvalue weighted by atomic mass is 79.9. The Hall–Kier alpha value is -0.970. The number of nitrogens with one attached hydrogen (secondary N) is 2. The number of halogens is 3. The minimum absolute atomic E-state index is 0.487. The van der Waals surface area contributed by atoms with Gasteiger partial charge < -0.3 is 10.6 Å². The molecule has 0 aliphatic carbocycles. The van der Waals surface area contributed by atoms with Gasteiger partial charge in [-0.15, -0.1) is 0 Å². The summed E-state index contributed by atoms with van der Waals surface area (Å²) in [4.78, 5) is 4.47. The lowest BCUT2D eigenvalue weighted by Crippen LogP contribution is -2.05. The van der Waals surface area contributed by atoms with Crippen molar-refractivity contribution in [2.24, 2.45) is 0 Å². The highest BCUT2D eigenvalue weighted by molar-refractivity contribution is 9.10. The minimum atomic E-state index is 0.487. The molecule has 0 spiro atoms. The Morgan fingerprint density at radius 1 is 1.14 bits per heavy atom. The van der Waals surface area contributed by atoms with Crippen molar-refractivity contribution in [1.29, 1.82) is 0 Å². The van der Waals surface area contributed by atoms with E-state index in [0.29, 0.717) is 21.7 Å². The normalized spacial score (nSPS) is 10.5. The number of aryl methyl sites for hydroxylation is 1. The number of benzene rings is 1. The lowest BCUT2D eigenvalue weighted by Gasteiger charge is -2.14. The zero-order valence-electron chi connectivity index (χ0n) is 11.8. The van der Waals surface area contributed by atoms with E-state index in [2.05, 4.69) is 38.5 Å². The highest BCUT2D eigenvalue weighted by Crippen LogP contribution is 2.32. The van der Waals surface area contributed by atoms with Crippen molar-refractivity contribution in [3.63, 3.8) is 0 Å². The van der Waals surface area contributed by atoms with Crippen LogP contribution >= 0.6 is 39.1 Å². The summed E-state index contributed by atoms with van der Waals surface area (Å²) in [6.45, 7) is 4.92. The molecule has 2 rings (SSSR count). The van der Waals surface area contributed by atoms with E-state index in [1.807, 2.05) is 25.1 Å². The second-order valence-electron chi connectivity index (χ2n) is 4.66. The van der Waals surface area contributed by atoms with Gasteiger partial charge in [0.2, 0.25) is 0 Å². The maximum Gasteiger partial charge on any atom is 0.151 e. The van der Waals surface area contributed by atoms with Crippen molar-refractivity contribution < 1.29 is 0 Å². The molecule has 0 fully saturated rings. The van der Waals surface area contributed by atoms with Crippen molar-refractivity contribution in [2.75, 3.05) is 17.2 Å². The van der Waals surface area contributed by atoms with Gasteiger partial charge in [-0.2, -0.15) is 0 Å². The maximum atomic E-state index is 6.23. The van der Waals surface area contributed by atoms with Gasteiger partial charge in [-0.3, -0.25) is 0 Å². The van der Waals surface area contributed by atoms with Gasteiger partial charge in [-0.25, -0.2) is 4.98 Å². The fourth-order valence-corrected chi connectivity index (χ4v) is 2.61. The maximum absolute atomic E-state index is 6.23. The Kier molecular flexibility index (Phi) is 5.73. The molecule has 3 nitrogen and oxygen atoms in total. The molecule has 0 unspecified atom stereocenters. The van der Waals surface area contributed by atoms with Gasteiger partial charge in [0.05, 0.1) is 10.0 Å². The summed E-state index contributed by atoms with van der Waals surface area (Å²) in [6, 6.07) is 7.70. The van der Waals surface area contributed by atoms with E-state index >= 15 is 0 Å². The molecule has 0 saturated heterocycles. The van der Waals surface area contributed by atoms with Crippen LogP contribution in [0.15, 0.2) is 28.7 Å². The predicted octanol–water partition coefficient (Wildman–Crippen LogP) is 6.02. The number of rotatable bonds is 5. The lowest BCUT2D eigenvalue weighted by molar-refractivity contribution is 0.970. The topological polar surface area (TPSA) is 37.0 Å². The van der Waals surface area contributed by atoms with Crippen LogP contribution in [0, 0.1) is 6.92 Å². The summed E-state index contributed by atoms with van der Waals surface area (Å²) in [7, 11) is 0. The van der Waals surface area contributed by atoms with E-state index in [9.17, 15) is 0 Å². The van der Waals surface area contributed by atoms with Crippen molar-refractivity contribution in [2.45, 2.75) is 20.3 Å². The van der Waals surface area contributed by atoms with Gasteiger partial charge in [0.1, 0.15) is 5.82 Å². The Labute approximate surface area is 143 Å². The van der Waals surface area contributed by atoms with E-state index in [-0.39, 0.29) is 0 Å². The van der Waals surface area contributed by atoms with Crippen molar-refractivity contribution in [3.05, 3.63) is 44.3 Å². The summed E-state index contributed by atoms with van der Waals surface area (Å²) in [5, 5.41) is 7.45. The van der Waals surface area contributed by atoms with E-state index < -0.39 is 0 Å². The quantitative estimate of drug-likeness (QED) is 0.656. The first-order valence-corrected chi connectivity index (χ1v) is 8.19. The number of nitrogens with zero attached hydrogens (tertiary/aromatic N) is 1. The average molecular weight is 389 g/mol. The Morgan fingerprint density at radius 3 is 2.57 bits per heavy atom. The Balaban J connectivity index is 2.32. The molecule has 2 N–H and O–H groups in total. The molecule has 1 heterocycles. The summed E-state index contributed by atoms with van der Waals surface area (Å²) in [5.74, 6) is 1.22. The number of hydrogen-bond acceptors (Lipinski definition) is 3. The second kappa shape index (κ2) is 7.34. The van der Waals surface area contributed by atoms with E-state index in [1.54, 1.807) is 6.07 Å². The van der Waals surface area contributed by atoms with Crippen LogP contribution in [0.5, 0.6) is 0 Å². The number of aromatic nitrogens is 1.